The van der Waals surface area contributed by atoms with Gasteiger partial charge in [0.1, 0.15) is 12.4 Å². The lowest BCUT2D eigenvalue weighted by atomic mass is 10.2. The molecule has 0 aliphatic carbocycles. The number of amidine groups is 1. The fraction of sp³-hybridized carbons (Fsp3) is 0.294. The monoisotopic (exact) mass is 381 g/mol. The Morgan fingerprint density at radius 3 is 2.44 bits per heavy atom. The first-order chi connectivity index (χ1) is 12.7. The van der Waals surface area contributed by atoms with Crippen LogP contribution in [0.2, 0.25) is 0 Å². The molecule has 1 amide bonds. The number of hydrogen-bond donors (Lipinski definition) is 2. The number of nitrogens with one attached hydrogen (secondary N) is 2. The summed E-state index contributed by atoms with van der Waals surface area (Å²) < 4.78 is 39.0. The largest absolute Gasteiger partial charge is 0.416 e. The molecule has 7 nitrogen and oxygen atoms in total. The molecule has 0 aliphatic rings. The summed E-state index contributed by atoms with van der Waals surface area (Å²) in [6, 6.07) is 4.08. The average molecular weight is 381 g/mol. The highest BCUT2D eigenvalue weighted by molar-refractivity contribution is 5.92. The van der Waals surface area contributed by atoms with Gasteiger partial charge in [-0.15, -0.1) is 0 Å². The summed E-state index contributed by atoms with van der Waals surface area (Å²) in [4.78, 5) is 27.8. The lowest BCUT2D eigenvalue weighted by Gasteiger charge is -2.09. The molecule has 1 aromatic heterocycles. The van der Waals surface area contributed by atoms with E-state index in [1.165, 1.54) is 4.68 Å². The summed E-state index contributed by atoms with van der Waals surface area (Å²) >= 11 is 0. The SMILES string of the molecule is CN/C(C)=N\c1c(C=O)c(C)nn1CC(=O)Nc1ccc(C(F)(F)F)cc1. The molecule has 0 radical (unpaired) electrons. The van der Waals surface area contributed by atoms with Crippen molar-refractivity contribution in [2.75, 3.05) is 12.4 Å². The van der Waals surface area contributed by atoms with E-state index in [1.54, 1.807) is 20.9 Å². The van der Waals surface area contributed by atoms with Crippen LogP contribution in [0.25, 0.3) is 0 Å². The number of aryl methyl sites for hydroxylation is 1. The Morgan fingerprint density at radius 1 is 1.30 bits per heavy atom. The first kappa shape index (κ1) is 20.1. The first-order valence-corrected chi connectivity index (χ1v) is 7.88. The molecule has 0 spiro atoms. The number of carbonyl (C=O) groups excluding carboxylic acids is 2. The highest BCUT2D eigenvalue weighted by Crippen LogP contribution is 2.29. The molecule has 0 saturated heterocycles. The van der Waals surface area contributed by atoms with E-state index in [0.717, 1.165) is 24.3 Å². The number of halogens is 3. The van der Waals surface area contributed by atoms with Gasteiger partial charge in [-0.1, -0.05) is 0 Å². The van der Waals surface area contributed by atoms with Crippen LogP contribution in [0.5, 0.6) is 0 Å². The Labute approximate surface area is 153 Å². The number of carbonyl (C=O) groups is 2. The highest BCUT2D eigenvalue weighted by Gasteiger charge is 2.30. The number of nitrogens with zero attached hydrogens (tertiary/aromatic N) is 3. The van der Waals surface area contributed by atoms with Crippen LogP contribution in [0.1, 0.15) is 28.5 Å². The molecule has 0 aliphatic heterocycles. The molecule has 1 aromatic carbocycles. The van der Waals surface area contributed by atoms with Gasteiger partial charge in [0.25, 0.3) is 0 Å². The Hall–Kier alpha value is -3.17. The van der Waals surface area contributed by atoms with E-state index < -0.39 is 17.6 Å². The molecule has 2 rings (SSSR count). The number of aliphatic imine (C=N–C) groups is 1. The van der Waals surface area contributed by atoms with Gasteiger partial charge in [0, 0.05) is 12.7 Å². The van der Waals surface area contributed by atoms with E-state index >= 15 is 0 Å². The number of benzene rings is 1. The standard InChI is InChI=1S/C17H18F3N5O2/c1-10-14(9-26)16(22-11(2)21-3)25(24-10)8-15(27)23-13-6-4-12(5-7-13)17(18,19)20/h4-7,9H,8H2,1-3H3,(H,21,22)(H,23,27). The molecule has 0 atom stereocenters. The van der Waals surface area contributed by atoms with Crippen molar-refractivity contribution in [3.63, 3.8) is 0 Å². The van der Waals surface area contributed by atoms with Crippen LogP contribution in [0.3, 0.4) is 0 Å². The summed E-state index contributed by atoms with van der Waals surface area (Å²) in [7, 11) is 1.66. The molecule has 144 valence electrons. The van der Waals surface area contributed by atoms with Gasteiger partial charge >= 0.3 is 6.18 Å². The lowest BCUT2D eigenvalue weighted by molar-refractivity contribution is -0.137. The zero-order chi connectivity index (χ0) is 20.2. The lowest BCUT2D eigenvalue weighted by Crippen LogP contribution is -2.20. The normalized spacial score (nSPS) is 12.0. The number of hydrogen-bond acceptors (Lipinski definition) is 4. The van der Waals surface area contributed by atoms with Crippen molar-refractivity contribution in [2.45, 2.75) is 26.6 Å². The van der Waals surface area contributed by atoms with Crippen LogP contribution < -0.4 is 10.6 Å². The summed E-state index contributed by atoms with van der Waals surface area (Å²) in [6.45, 7) is 3.04. The summed E-state index contributed by atoms with van der Waals surface area (Å²) in [5.74, 6) is 0.215. The number of anilines is 1. The van der Waals surface area contributed by atoms with Crippen LogP contribution in [-0.4, -0.2) is 34.9 Å². The minimum atomic E-state index is -4.45. The maximum atomic E-state index is 12.6. The number of aromatic nitrogens is 2. The summed E-state index contributed by atoms with van der Waals surface area (Å²) in [5, 5.41) is 9.44. The molecule has 0 saturated carbocycles. The van der Waals surface area contributed by atoms with Crippen molar-refractivity contribution in [1.29, 1.82) is 0 Å². The fourth-order valence-corrected chi connectivity index (χ4v) is 2.24. The molecule has 0 fully saturated rings. The molecule has 0 unspecified atom stereocenters. The Morgan fingerprint density at radius 2 is 1.93 bits per heavy atom. The van der Waals surface area contributed by atoms with Crippen molar-refractivity contribution in [1.82, 2.24) is 15.1 Å². The van der Waals surface area contributed by atoms with Gasteiger partial charge in [-0.2, -0.15) is 18.3 Å². The molecule has 27 heavy (non-hydrogen) atoms. The minimum absolute atomic E-state index is 0.212. The van der Waals surface area contributed by atoms with Gasteiger partial charge in [-0.3, -0.25) is 9.59 Å². The van der Waals surface area contributed by atoms with Crippen LogP contribution in [-0.2, 0) is 17.5 Å². The molecular weight excluding hydrogens is 363 g/mol. The molecule has 10 heteroatoms. The number of aldehydes is 1. The Balaban J connectivity index is 2.19. The third-order valence-corrected chi connectivity index (χ3v) is 3.69. The Bertz CT molecular complexity index is 870. The Kier molecular flexibility index (Phi) is 5.98. The predicted molar refractivity (Wildman–Crippen MR) is 94.3 cm³/mol. The van der Waals surface area contributed by atoms with E-state index in [1.807, 2.05) is 0 Å². The van der Waals surface area contributed by atoms with Gasteiger partial charge in [-0.25, -0.2) is 9.67 Å². The first-order valence-electron chi connectivity index (χ1n) is 7.88. The van der Waals surface area contributed by atoms with Crippen molar-refractivity contribution < 1.29 is 22.8 Å². The molecule has 1 heterocycles. The van der Waals surface area contributed by atoms with E-state index in [4.69, 9.17) is 0 Å². The highest BCUT2D eigenvalue weighted by atomic mass is 19.4. The van der Waals surface area contributed by atoms with Crippen LogP contribution in [0.15, 0.2) is 29.3 Å². The quantitative estimate of drug-likeness (QED) is 0.474. The average Bonchev–Trinajstić information content (AvgIpc) is 2.88. The van der Waals surface area contributed by atoms with E-state index in [-0.39, 0.29) is 23.6 Å². The maximum Gasteiger partial charge on any atom is 0.416 e. The maximum absolute atomic E-state index is 12.6. The fourth-order valence-electron chi connectivity index (χ4n) is 2.24. The molecule has 2 N–H and O–H groups in total. The van der Waals surface area contributed by atoms with Crippen molar-refractivity contribution >= 4 is 29.5 Å². The van der Waals surface area contributed by atoms with E-state index in [0.29, 0.717) is 17.8 Å². The van der Waals surface area contributed by atoms with Crippen molar-refractivity contribution in [3.05, 3.63) is 41.1 Å². The van der Waals surface area contributed by atoms with Gasteiger partial charge < -0.3 is 10.6 Å². The smallest absolute Gasteiger partial charge is 0.377 e. The molecule has 2 aromatic rings. The van der Waals surface area contributed by atoms with Crippen molar-refractivity contribution in [2.24, 2.45) is 4.99 Å². The zero-order valence-electron chi connectivity index (χ0n) is 14.9. The number of rotatable bonds is 5. The van der Waals surface area contributed by atoms with E-state index in [9.17, 15) is 22.8 Å². The molecular formula is C17H18F3N5O2. The number of alkyl halides is 3. The van der Waals surface area contributed by atoms with Crippen molar-refractivity contribution in [3.8, 4) is 0 Å². The number of amides is 1. The topological polar surface area (TPSA) is 88.4 Å². The second kappa shape index (κ2) is 8.02. The second-order valence-corrected chi connectivity index (χ2v) is 5.67. The summed E-state index contributed by atoms with van der Waals surface area (Å²) in [5.41, 5.74) is 0.0730. The molecule has 0 bridgehead atoms. The van der Waals surface area contributed by atoms with Crippen LogP contribution in [0.4, 0.5) is 24.7 Å². The summed E-state index contributed by atoms with van der Waals surface area (Å²) in [6.07, 6.45) is -3.84. The second-order valence-electron chi connectivity index (χ2n) is 5.67. The van der Waals surface area contributed by atoms with Gasteiger partial charge in [0.15, 0.2) is 12.1 Å². The van der Waals surface area contributed by atoms with Gasteiger partial charge in [0.2, 0.25) is 5.91 Å². The third kappa shape index (κ3) is 4.93. The van der Waals surface area contributed by atoms with Crippen LogP contribution in [0, 0.1) is 6.92 Å². The third-order valence-electron chi connectivity index (χ3n) is 3.69. The minimum Gasteiger partial charge on any atom is -0.377 e. The van der Waals surface area contributed by atoms with Gasteiger partial charge in [-0.05, 0) is 38.1 Å². The van der Waals surface area contributed by atoms with Crippen LogP contribution >= 0.6 is 0 Å². The van der Waals surface area contributed by atoms with E-state index in [2.05, 4.69) is 20.7 Å². The van der Waals surface area contributed by atoms with Gasteiger partial charge in [0.05, 0.1) is 16.8 Å². The predicted octanol–water partition coefficient (Wildman–Crippen LogP) is 2.93. The zero-order valence-corrected chi connectivity index (χ0v) is 14.9.